The first-order valence-electron chi connectivity index (χ1n) is 7.01. The van der Waals surface area contributed by atoms with Gasteiger partial charge in [-0.2, -0.15) is 0 Å². The fourth-order valence-electron chi connectivity index (χ4n) is 2.02. The van der Waals surface area contributed by atoms with E-state index in [-0.39, 0.29) is 28.5 Å². The number of carbonyl (C=O) groups excluding carboxylic acids is 1. The molecule has 24 heavy (non-hydrogen) atoms. The van der Waals surface area contributed by atoms with E-state index in [0.717, 1.165) is 0 Å². The second-order valence-electron chi connectivity index (χ2n) is 4.67. The predicted octanol–water partition coefficient (Wildman–Crippen LogP) is 3.33. The molecule has 0 heterocycles. The Hall–Kier alpha value is -2.25. The van der Waals surface area contributed by atoms with Gasteiger partial charge in [0.1, 0.15) is 10.6 Å². The lowest BCUT2D eigenvalue weighted by Crippen LogP contribution is -2.17. The van der Waals surface area contributed by atoms with E-state index in [4.69, 9.17) is 21.1 Å². The highest BCUT2D eigenvalue weighted by Gasteiger charge is 2.22. The summed E-state index contributed by atoms with van der Waals surface area (Å²) in [5, 5.41) is 0.345. The zero-order valence-corrected chi connectivity index (χ0v) is 14.6. The lowest BCUT2D eigenvalue weighted by atomic mass is 10.2. The zero-order valence-electron chi connectivity index (χ0n) is 13.1. The number of hydrogen-bond acceptors (Lipinski definition) is 5. The van der Waals surface area contributed by atoms with E-state index < -0.39 is 16.0 Å². The number of para-hydroxylation sites is 1. The molecular formula is C16H16ClNO5S. The molecular weight excluding hydrogens is 354 g/mol. The van der Waals surface area contributed by atoms with Crippen molar-refractivity contribution in [2.45, 2.75) is 11.8 Å². The lowest BCUT2D eigenvalue weighted by Gasteiger charge is -2.14. The molecule has 8 heteroatoms. The lowest BCUT2D eigenvalue weighted by molar-refractivity contribution is 0.0527. The number of halogens is 1. The number of ether oxygens (including phenoxy) is 2. The second kappa shape index (κ2) is 7.55. The van der Waals surface area contributed by atoms with Crippen LogP contribution in [0.5, 0.6) is 5.75 Å². The fraction of sp³-hybridized carbons (Fsp3) is 0.188. The van der Waals surface area contributed by atoms with Crippen molar-refractivity contribution in [1.82, 2.24) is 0 Å². The van der Waals surface area contributed by atoms with Crippen molar-refractivity contribution in [2.24, 2.45) is 0 Å². The van der Waals surface area contributed by atoms with Crippen molar-refractivity contribution in [3.05, 3.63) is 53.1 Å². The Bertz CT molecular complexity index is 851. The van der Waals surface area contributed by atoms with Crippen molar-refractivity contribution in [3.63, 3.8) is 0 Å². The molecule has 0 aliphatic heterocycles. The Morgan fingerprint density at radius 3 is 2.58 bits per heavy atom. The molecule has 0 unspecified atom stereocenters. The Kier molecular flexibility index (Phi) is 5.69. The van der Waals surface area contributed by atoms with Gasteiger partial charge in [-0.1, -0.05) is 23.7 Å². The summed E-state index contributed by atoms with van der Waals surface area (Å²) in [4.78, 5) is 11.9. The number of benzene rings is 2. The molecule has 0 aromatic heterocycles. The number of anilines is 1. The summed E-state index contributed by atoms with van der Waals surface area (Å²) in [5.41, 5.74) is 0.240. The van der Waals surface area contributed by atoms with Crippen LogP contribution in [0.25, 0.3) is 0 Å². The van der Waals surface area contributed by atoms with Crippen molar-refractivity contribution >= 4 is 33.3 Å². The molecule has 1 N–H and O–H groups in total. The van der Waals surface area contributed by atoms with Gasteiger partial charge in [-0.3, -0.25) is 4.72 Å². The molecule has 0 saturated heterocycles. The number of esters is 1. The summed E-state index contributed by atoms with van der Waals surface area (Å²) in [6.07, 6.45) is 0. The predicted molar refractivity (Wildman–Crippen MR) is 91.2 cm³/mol. The van der Waals surface area contributed by atoms with Crippen LogP contribution in [-0.2, 0) is 14.8 Å². The van der Waals surface area contributed by atoms with Gasteiger partial charge in [0.25, 0.3) is 10.0 Å². The average molecular weight is 370 g/mol. The number of rotatable bonds is 6. The Morgan fingerprint density at radius 1 is 1.21 bits per heavy atom. The molecule has 0 atom stereocenters. The highest BCUT2D eigenvalue weighted by atomic mass is 35.5. The van der Waals surface area contributed by atoms with Crippen molar-refractivity contribution < 1.29 is 22.7 Å². The maximum atomic E-state index is 12.6. The van der Waals surface area contributed by atoms with Crippen LogP contribution in [0.2, 0.25) is 5.02 Å². The molecule has 0 aliphatic rings. The van der Waals surface area contributed by atoms with E-state index in [1.807, 2.05) is 0 Å². The summed E-state index contributed by atoms with van der Waals surface area (Å²) in [6.45, 7) is 1.86. The van der Waals surface area contributed by atoms with E-state index in [1.165, 1.54) is 37.4 Å². The highest BCUT2D eigenvalue weighted by molar-refractivity contribution is 7.92. The summed E-state index contributed by atoms with van der Waals surface area (Å²) in [6, 6.07) is 10.4. The molecule has 0 amide bonds. The third kappa shape index (κ3) is 3.98. The normalized spacial score (nSPS) is 11.0. The quantitative estimate of drug-likeness (QED) is 0.790. The minimum atomic E-state index is -3.99. The standard InChI is InChI=1S/C16H16ClNO5S/c1-3-23-16(19)12-6-4-5-7-13(12)18-24(20,21)15-9-8-11(17)10-14(15)22-2/h4-10,18H,3H2,1-2H3. The van der Waals surface area contributed by atoms with Crippen molar-refractivity contribution in [1.29, 1.82) is 0 Å². The summed E-state index contributed by atoms with van der Waals surface area (Å²) >= 11 is 5.85. The van der Waals surface area contributed by atoms with Gasteiger partial charge < -0.3 is 9.47 Å². The summed E-state index contributed by atoms with van der Waals surface area (Å²) in [5.74, 6) is -0.512. The molecule has 6 nitrogen and oxygen atoms in total. The molecule has 0 radical (unpaired) electrons. The number of nitrogens with one attached hydrogen (secondary N) is 1. The molecule has 0 saturated carbocycles. The molecule has 0 fully saturated rings. The van der Waals surface area contributed by atoms with Crippen molar-refractivity contribution in [2.75, 3.05) is 18.4 Å². The zero-order chi connectivity index (χ0) is 17.7. The Labute approximate surface area is 145 Å². The van der Waals surface area contributed by atoms with E-state index in [2.05, 4.69) is 4.72 Å². The molecule has 0 spiro atoms. The van der Waals surface area contributed by atoms with Gasteiger partial charge in [0, 0.05) is 11.1 Å². The van der Waals surface area contributed by atoms with E-state index in [9.17, 15) is 13.2 Å². The molecule has 2 aromatic rings. The molecule has 2 rings (SSSR count). The molecule has 0 bridgehead atoms. The van der Waals surface area contributed by atoms with Crippen molar-refractivity contribution in [3.8, 4) is 5.75 Å². The topological polar surface area (TPSA) is 81.7 Å². The van der Waals surface area contributed by atoms with Gasteiger partial charge >= 0.3 is 5.97 Å². The monoisotopic (exact) mass is 369 g/mol. The second-order valence-corrected chi connectivity index (χ2v) is 6.75. The minimum Gasteiger partial charge on any atom is -0.495 e. The van der Waals surface area contributed by atoms with Crippen LogP contribution in [0, 0.1) is 0 Å². The third-order valence-corrected chi connectivity index (χ3v) is 4.72. The number of carbonyl (C=O) groups is 1. The Morgan fingerprint density at radius 2 is 1.92 bits per heavy atom. The fourth-order valence-corrected chi connectivity index (χ4v) is 3.42. The van der Waals surface area contributed by atoms with Crippen LogP contribution < -0.4 is 9.46 Å². The minimum absolute atomic E-state index is 0.0898. The molecule has 128 valence electrons. The number of hydrogen-bond donors (Lipinski definition) is 1. The van der Waals surface area contributed by atoms with E-state index in [1.54, 1.807) is 19.1 Å². The first kappa shape index (κ1) is 18.1. The maximum Gasteiger partial charge on any atom is 0.340 e. The van der Waals surface area contributed by atoms with E-state index in [0.29, 0.717) is 5.02 Å². The first-order valence-corrected chi connectivity index (χ1v) is 8.87. The number of sulfonamides is 1. The van der Waals surface area contributed by atoms with Gasteiger partial charge in [-0.25, -0.2) is 13.2 Å². The van der Waals surface area contributed by atoms with Crippen LogP contribution in [0.15, 0.2) is 47.4 Å². The smallest absolute Gasteiger partial charge is 0.340 e. The van der Waals surface area contributed by atoms with Crippen LogP contribution >= 0.6 is 11.6 Å². The summed E-state index contributed by atoms with van der Waals surface area (Å²) < 4.78 is 37.7. The van der Waals surface area contributed by atoms with Crippen LogP contribution in [-0.4, -0.2) is 28.1 Å². The molecule has 0 aliphatic carbocycles. The SMILES string of the molecule is CCOC(=O)c1ccccc1NS(=O)(=O)c1ccc(Cl)cc1OC. The largest absolute Gasteiger partial charge is 0.495 e. The number of methoxy groups -OCH3 is 1. The van der Waals surface area contributed by atoms with Gasteiger partial charge in [-0.15, -0.1) is 0 Å². The van der Waals surface area contributed by atoms with Crippen LogP contribution in [0.3, 0.4) is 0 Å². The van der Waals surface area contributed by atoms with Gasteiger partial charge in [0.05, 0.1) is 25.0 Å². The Balaban J connectivity index is 2.42. The first-order chi connectivity index (χ1) is 11.4. The summed E-state index contributed by atoms with van der Waals surface area (Å²) in [7, 11) is -2.64. The third-order valence-electron chi connectivity index (χ3n) is 3.08. The van der Waals surface area contributed by atoms with Crippen LogP contribution in [0.4, 0.5) is 5.69 Å². The van der Waals surface area contributed by atoms with Gasteiger partial charge in [0.15, 0.2) is 0 Å². The van der Waals surface area contributed by atoms with E-state index >= 15 is 0 Å². The molecule has 2 aromatic carbocycles. The van der Waals surface area contributed by atoms with Gasteiger partial charge in [-0.05, 0) is 31.2 Å². The van der Waals surface area contributed by atoms with Gasteiger partial charge in [0.2, 0.25) is 0 Å². The van der Waals surface area contributed by atoms with Crippen LogP contribution in [0.1, 0.15) is 17.3 Å². The average Bonchev–Trinajstić information content (AvgIpc) is 2.54. The maximum absolute atomic E-state index is 12.6. The highest BCUT2D eigenvalue weighted by Crippen LogP contribution is 2.29.